The van der Waals surface area contributed by atoms with Crippen LogP contribution >= 0.6 is 0 Å². The Morgan fingerprint density at radius 1 is 1.50 bits per heavy atom. The van der Waals surface area contributed by atoms with E-state index in [2.05, 4.69) is 0 Å². The molecule has 0 saturated carbocycles. The minimum Gasteiger partial charge on any atom is -0.326 e. The molecule has 1 aromatic carbocycles. The number of halogens is 1. The number of sulfonamides is 1. The van der Waals surface area contributed by atoms with Gasteiger partial charge in [0.2, 0.25) is 10.0 Å². The van der Waals surface area contributed by atoms with Crippen molar-refractivity contribution in [3.8, 4) is 0 Å². The lowest BCUT2D eigenvalue weighted by Gasteiger charge is -2.16. The molecule has 0 amide bonds. The average molecular weight is 303 g/mol. The largest absolute Gasteiger partial charge is 0.326 e. The minimum atomic E-state index is -3.96. The van der Waals surface area contributed by atoms with Crippen LogP contribution in [0.15, 0.2) is 17.0 Å². The Labute approximate surface area is 115 Å². The van der Waals surface area contributed by atoms with Gasteiger partial charge in [0.15, 0.2) is 0 Å². The number of nitrogens with zero attached hydrogens (tertiary/aromatic N) is 2. The highest BCUT2D eigenvalue weighted by Crippen LogP contribution is 2.28. The first-order valence-electron chi connectivity index (χ1n) is 5.93. The van der Waals surface area contributed by atoms with Crippen LogP contribution in [0.5, 0.6) is 0 Å². The number of benzene rings is 1. The van der Waals surface area contributed by atoms with Gasteiger partial charge in [-0.3, -0.25) is 10.1 Å². The van der Waals surface area contributed by atoms with E-state index in [0.29, 0.717) is 6.42 Å². The summed E-state index contributed by atoms with van der Waals surface area (Å²) >= 11 is 0. The molecule has 1 aliphatic heterocycles. The average Bonchev–Trinajstić information content (AvgIpc) is 2.79. The highest BCUT2D eigenvalue weighted by Gasteiger charge is 2.33. The van der Waals surface area contributed by atoms with E-state index in [9.17, 15) is 22.9 Å². The summed E-state index contributed by atoms with van der Waals surface area (Å²) in [5.41, 5.74) is 4.91. The number of hydrogen-bond donors (Lipinski definition) is 1. The van der Waals surface area contributed by atoms with Crippen LogP contribution in [0.25, 0.3) is 0 Å². The summed E-state index contributed by atoms with van der Waals surface area (Å²) in [7, 11) is -3.96. The highest BCUT2D eigenvalue weighted by molar-refractivity contribution is 7.89. The van der Waals surface area contributed by atoms with Crippen LogP contribution in [0.4, 0.5) is 10.1 Å². The predicted molar refractivity (Wildman–Crippen MR) is 69.1 cm³/mol. The summed E-state index contributed by atoms with van der Waals surface area (Å²) in [5.74, 6) is -0.915. The SMILES string of the molecule is Cc1c(F)cc(S(=O)(=O)N2CC[C@@H](N)C2)cc1[N+](=O)[O-]. The second kappa shape index (κ2) is 5.08. The van der Waals surface area contributed by atoms with Gasteiger partial charge in [0.1, 0.15) is 5.82 Å². The van der Waals surface area contributed by atoms with Crippen LogP contribution in [0, 0.1) is 22.9 Å². The number of rotatable bonds is 3. The molecule has 110 valence electrons. The molecular formula is C11H14FN3O4S. The summed E-state index contributed by atoms with van der Waals surface area (Å²) in [6.07, 6.45) is 0.510. The maximum absolute atomic E-state index is 13.7. The zero-order chi connectivity index (χ0) is 15.1. The Morgan fingerprint density at radius 3 is 2.65 bits per heavy atom. The third-order valence-corrected chi connectivity index (χ3v) is 5.16. The van der Waals surface area contributed by atoms with E-state index in [1.807, 2.05) is 0 Å². The second-order valence-corrected chi connectivity index (χ2v) is 6.66. The molecule has 1 atom stereocenters. The topological polar surface area (TPSA) is 107 Å². The van der Waals surface area contributed by atoms with Gasteiger partial charge in [-0.05, 0) is 19.4 Å². The molecule has 7 nitrogen and oxygen atoms in total. The van der Waals surface area contributed by atoms with Crippen molar-refractivity contribution in [2.45, 2.75) is 24.3 Å². The lowest BCUT2D eigenvalue weighted by Crippen LogP contribution is -2.32. The molecule has 1 heterocycles. The number of nitro benzene ring substituents is 1. The van der Waals surface area contributed by atoms with Crippen molar-refractivity contribution in [2.24, 2.45) is 5.73 Å². The quantitative estimate of drug-likeness (QED) is 0.655. The van der Waals surface area contributed by atoms with Gasteiger partial charge in [-0.2, -0.15) is 4.31 Å². The van der Waals surface area contributed by atoms with Crippen LogP contribution < -0.4 is 5.73 Å². The monoisotopic (exact) mass is 303 g/mol. The number of nitrogens with two attached hydrogens (primary N) is 1. The van der Waals surface area contributed by atoms with Crippen LogP contribution in [0.1, 0.15) is 12.0 Å². The summed E-state index contributed by atoms with van der Waals surface area (Å²) in [5, 5.41) is 10.8. The van der Waals surface area contributed by atoms with E-state index in [4.69, 9.17) is 5.73 Å². The minimum absolute atomic E-state index is 0.131. The van der Waals surface area contributed by atoms with Gasteiger partial charge in [0, 0.05) is 25.2 Å². The van der Waals surface area contributed by atoms with E-state index in [0.717, 1.165) is 16.4 Å². The molecule has 0 unspecified atom stereocenters. The fourth-order valence-corrected chi connectivity index (χ4v) is 3.64. The van der Waals surface area contributed by atoms with Crippen molar-refractivity contribution < 1.29 is 17.7 Å². The summed E-state index contributed by atoms with van der Waals surface area (Å²) in [4.78, 5) is 9.62. The zero-order valence-electron chi connectivity index (χ0n) is 10.7. The Balaban J connectivity index is 2.50. The second-order valence-electron chi connectivity index (χ2n) is 4.72. The Hall–Kier alpha value is -1.58. The van der Waals surface area contributed by atoms with Crippen molar-refractivity contribution in [1.82, 2.24) is 4.31 Å². The molecule has 1 aromatic rings. The molecule has 2 N–H and O–H groups in total. The zero-order valence-corrected chi connectivity index (χ0v) is 11.6. The molecule has 1 aliphatic rings. The molecule has 9 heteroatoms. The first-order valence-corrected chi connectivity index (χ1v) is 7.37. The molecule has 2 rings (SSSR count). The summed E-state index contributed by atoms with van der Waals surface area (Å²) in [6, 6.07) is 1.43. The van der Waals surface area contributed by atoms with Crippen LogP contribution in [-0.4, -0.2) is 36.8 Å². The highest BCUT2D eigenvalue weighted by atomic mass is 32.2. The van der Waals surface area contributed by atoms with Gasteiger partial charge >= 0.3 is 0 Å². The van der Waals surface area contributed by atoms with E-state index >= 15 is 0 Å². The third-order valence-electron chi connectivity index (χ3n) is 3.31. The Kier molecular flexibility index (Phi) is 3.76. The van der Waals surface area contributed by atoms with Crippen molar-refractivity contribution in [3.63, 3.8) is 0 Å². The molecule has 1 fully saturated rings. The van der Waals surface area contributed by atoms with Gasteiger partial charge in [-0.15, -0.1) is 0 Å². The van der Waals surface area contributed by atoms with Crippen molar-refractivity contribution in [3.05, 3.63) is 33.6 Å². The van der Waals surface area contributed by atoms with E-state index in [1.165, 1.54) is 6.92 Å². The molecule has 0 aliphatic carbocycles. The van der Waals surface area contributed by atoms with Crippen LogP contribution in [0.3, 0.4) is 0 Å². The maximum atomic E-state index is 13.7. The molecule has 0 aromatic heterocycles. The summed E-state index contributed by atoms with van der Waals surface area (Å²) < 4.78 is 39.4. The molecule has 0 spiro atoms. The van der Waals surface area contributed by atoms with Crippen LogP contribution in [0.2, 0.25) is 0 Å². The standard InChI is InChI=1S/C11H14FN3O4S/c1-7-10(12)4-9(5-11(7)15(16)17)20(18,19)14-3-2-8(13)6-14/h4-5,8H,2-3,6,13H2,1H3/t8-/m1/s1. The number of hydrogen-bond acceptors (Lipinski definition) is 5. The fraction of sp³-hybridized carbons (Fsp3) is 0.455. The van der Waals surface area contributed by atoms with Gasteiger partial charge in [0.25, 0.3) is 5.69 Å². The van der Waals surface area contributed by atoms with E-state index in [1.54, 1.807) is 0 Å². The van der Waals surface area contributed by atoms with Crippen LogP contribution in [-0.2, 0) is 10.0 Å². The predicted octanol–water partition coefficient (Wildman–Crippen LogP) is 0.764. The summed E-state index contributed by atoms with van der Waals surface area (Å²) in [6.45, 7) is 1.59. The number of nitro groups is 1. The van der Waals surface area contributed by atoms with E-state index in [-0.39, 0.29) is 24.7 Å². The maximum Gasteiger partial charge on any atom is 0.276 e. The molecule has 20 heavy (non-hydrogen) atoms. The lowest BCUT2D eigenvalue weighted by atomic mass is 10.2. The van der Waals surface area contributed by atoms with Gasteiger partial charge in [-0.1, -0.05) is 0 Å². The van der Waals surface area contributed by atoms with Crippen molar-refractivity contribution in [2.75, 3.05) is 13.1 Å². The smallest absolute Gasteiger partial charge is 0.276 e. The Morgan fingerprint density at radius 2 is 2.15 bits per heavy atom. The van der Waals surface area contributed by atoms with Gasteiger partial charge in [0.05, 0.1) is 15.4 Å². The first-order chi connectivity index (χ1) is 9.23. The van der Waals surface area contributed by atoms with Crippen molar-refractivity contribution in [1.29, 1.82) is 0 Å². The lowest BCUT2D eigenvalue weighted by molar-refractivity contribution is -0.385. The normalized spacial score (nSPS) is 20.2. The van der Waals surface area contributed by atoms with Gasteiger partial charge < -0.3 is 5.73 Å². The molecule has 0 radical (unpaired) electrons. The molecule has 1 saturated heterocycles. The van der Waals surface area contributed by atoms with Crippen molar-refractivity contribution >= 4 is 15.7 Å². The first kappa shape index (κ1) is 14.8. The fourth-order valence-electron chi connectivity index (χ4n) is 2.10. The Bertz CT molecular complexity index is 662. The third kappa shape index (κ3) is 2.51. The molecule has 0 bridgehead atoms. The molecular weight excluding hydrogens is 289 g/mol. The van der Waals surface area contributed by atoms with Gasteiger partial charge in [-0.25, -0.2) is 12.8 Å². The van der Waals surface area contributed by atoms with E-state index < -0.39 is 31.3 Å².